The number of carbonyl (C=O) groups is 2. The molecule has 10 heteroatoms. The molecule has 0 radical (unpaired) electrons. The number of benzene rings is 1. The van der Waals surface area contributed by atoms with Gasteiger partial charge in [0.05, 0.1) is 19.1 Å². The minimum atomic E-state index is -0.758. The fraction of sp³-hybridized carbons (Fsp3) is 0.500. The highest BCUT2D eigenvalue weighted by molar-refractivity contribution is 6.30. The van der Waals surface area contributed by atoms with Crippen molar-refractivity contribution >= 4 is 35.1 Å². The molecule has 0 aliphatic heterocycles. The third kappa shape index (κ3) is 7.63. The number of aliphatic hydroxyl groups is 1. The van der Waals surface area contributed by atoms with E-state index in [1.807, 2.05) is 0 Å². The Morgan fingerprint density at radius 2 is 1.86 bits per heavy atom. The van der Waals surface area contributed by atoms with Crippen LogP contribution < -0.4 is 10.1 Å². The number of rotatable bonds is 9. The minimum absolute atomic E-state index is 0.105. The fourth-order valence-corrected chi connectivity index (χ4v) is 4.31. The molecule has 0 bridgehead atoms. The minimum Gasteiger partial charge on any atom is -0.492 e. The number of carbonyl (C=O) groups excluding carboxylic acids is 1. The van der Waals surface area contributed by atoms with E-state index in [4.69, 9.17) is 27.9 Å². The van der Waals surface area contributed by atoms with Gasteiger partial charge in [0.25, 0.3) is 5.91 Å². The van der Waals surface area contributed by atoms with Gasteiger partial charge < -0.3 is 24.8 Å². The van der Waals surface area contributed by atoms with Crippen LogP contribution in [0.25, 0.3) is 0 Å². The van der Waals surface area contributed by atoms with E-state index in [-0.39, 0.29) is 54.2 Å². The number of nitrogens with zero attached hydrogens (tertiary/aromatic N) is 2. The van der Waals surface area contributed by atoms with Crippen LogP contribution in [0, 0.1) is 29.1 Å². The van der Waals surface area contributed by atoms with Crippen molar-refractivity contribution in [3.8, 4) is 17.6 Å². The van der Waals surface area contributed by atoms with E-state index in [9.17, 15) is 19.8 Å². The van der Waals surface area contributed by atoms with Crippen molar-refractivity contribution in [1.82, 2.24) is 14.9 Å². The number of imidazole rings is 1. The number of carboxylic acids is 1. The van der Waals surface area contributed by atoms with E-state index in [1.54, 1.807) is 42.7 Å². The zero-order valence-corrected chi connectivity index (χ0v) is 21.9. The van der Waals surface area contributed by atoms with Crippen molar-refractivity contribution in [2.24, 2.45) is 17.3 Å². The number of ether oxygens (including phenoxy) is 1. The summed E-state index contributed by atoms with van der Waals surface area (Å²) in [7, 11) is 0. The number of nitrogens with one attached hydrogen (secondary N) is 1. The first-order chi connectivity index (χ1) is 17.1. The van der Waals surface area contributed by atoms with Gasteiger partial charge in [0.2, 0.25) is 5.28 Å². The topological polar surface area (TPSA) is 114 Å². The van der Waals surface area contributed by atoms with Crippen LogP contribution in [0.3, 0.4) is 0 Å². The van der Waals surface area contributed by atoms with E-state index < -0.39 is 11.4 Å². The first-order valence-electron chi connectivity index (χ1n) is 11.9. The summed E-state index contributed by atoms with van der Waals surface area (Å²) in [5, 5.41) is 22.4. The van der Waals surface area contributed by atoms with Crippen molar-refractivity contribution in [2.45, 2.75) is 46.1 Å². The predicted molar refractivity (Wildman–Crippen MR) is 137 cm³/mol. The Hall–Kier alpha value is -2.73. The third-order valence-corrected chi connectivity index (χ3v) is 6.74. The maximum absolute atomic E-state index is 13.3. The number of hydrogen-bond acceptors (Lipinski definition) is 5. The summed E-state index contributed by atoms with van der Waals surface area (Å²) in [6.45, 7) is 4.32. The van der Waals surface area contributed by atoms with Gasteiger partial charge in [-0.25, -0.2) is 4.98 Å². The Morgan fingerprint density at radius 3 is 2.47 bits per heavy atom. The smallest absolute Gasteiger partial charge is 0.306 e. The first kappa shape index (κ1) is 27.9. The largest absolute Gasteiger partial charge is 0.492 e. The summed E-state index contributed by atoms with van der Waals surface area (Å²) >= 11 is 12.3. The summed E-state index contributed by atoms with van der Waals surface area (Å²) in [6, 6.07) is 6.94. The zero-order chi connectivity index (χ0) is 26.3. The van der Waals surface area contributed by atoms with Crippen molar-refractivity contribution in [1.29, 1.82) is 0 Å². The van der Waals surface area contributed by atoms with Gasteiger partial charge in [-0.1, -0.05) is 17.5 Å². The summed E-state index contributed by atoms with van der Waals surface area (Å²) in [6.07, 6.45) is 2.69. The second kappa shape index (κ2) is 12.5. The predicted octanol–water partition coefficient (Wildman–Crippen LogP) is 4.26. The van der Waals surface area contributed by atoms with Crippen molar-refractivity contribution < 1.29 is 24.5 Å². The third-order valence-electron chi connectivity index (χ3n) is 6.20. The van der Waals surface area contributed by atoms with Crippen LogP contribution in [0.2, 0.25) is 10.3 Å². The molecule has 3 rings (SSSR count). The van der Waals surface area contributed by atoms with Gasteiger partial charge >= 0.3 is 5.97 Å². The molecular formula is C26H31Cl2N3O5. The molecule has 0 saturated heterocycles. The lowest BCUT2D eigenvalue weighted by atomic mass is 9.82. The maximum atomic E-state index is 13.3. The Morgan fingerprint density at radius 1 is 1.19 bits per heavy atom. The standard InChI is InChI=1S/C26H31Cl2N3O5/c1-26(2,16-32)12-11-21-22(23(33)29-15-17-3-5-18(6-4-17)24(34)35)31(25(28)30-21)13-14-36-20-9-7-19(27)8-10-20/h7-10,17-18,32H,3-6,13-16H2,1-2H3,(H,29,33)(H,34,35). The molecule has 1 aromatic carbocycles. The van der Waals surface area contributed by atoms with Crippen molar-refractivity contribution in [3.63, 3.8) is 0 Å². The van der Waals surface area contributed by atoms with Gasteiger partial charge in [-0.05, 0) is 87.2 Å². The molecule has 1 aliphatic rings. The molecule has 1 saturated carbocycles. The van der Waals surface area contributed by atoms with Crippen LogP contribution in [0.5, 0.6) is 5.75 Å². The second-order valence-electron chi connectivity index (χ2n) is 9.59. The lowest BCUT2D eigenvalue weighted by Gasteiger charge is -2.26. The summed E-state index contributed by atoms with van der Waals surface area (Å²) < 4.78 is 7.33. The van der Waals surface area contributed by atoms with Crippen LogP contribution in [0.1, 0.15) is 55.7 Å². The zero-order valence-electron chi connectivity index (χ0n) is 20.4. The molecular weight excluding hydrogens is 505 g/mol. The highest BCUT2D eigenvalue weighted by atomic mass is 35.5. The van der Waals surface area contributed by atoms with Crippen molar-refractivity contribution in [3.05, 3.63) is 46.0 Å². The van der Waals surface area contributed by atoms with Crippen LogP contribution in [-0.4, -0.2) is 51.4 Å². The number of carboxylic acid groups (broad SMARTS) is 1. The van der Waals surface area contributed by atoms with Gasteiger partial charge in [0.1, 0.15) is 23.7 Å². The lowest BCUT2D eigenvalue weighted by Crippen LogP contribution is -2.34. The Kier molecular flexibility index (Phi) is 9.66. The fourth-order valence-electron chi connectivity index (χ4n) is 3.93. The van der Waals surface area contributed by atoms with Crippen LogP contribution in [0.15, 0.2) is 24.3 Å². The maximum Gasteiger partial charge on any atom is 0.306 e. The van der Waals surface area contributed by atoms with Gasteiger partial charge in [0, 0.05) is 17.0 Å². The van der Waals surface area contributed by atoms with Crippen LogP contribution >= 0.6 is 23.2 Å². The van der Waals surface area contributed by atoms with Gasteiger partial charge in [0.15, 0.2) is 0 Å². The van der Waals surface area contributed by atoms with Crippen molar-refractivity contribution in [2.75, 3.05) is 19.8 Å². The average Bonchev–Trinajstić information content (AvgIpc) is 3.18. The van der Waals surface area contributed by atoms with Crippen LogP contribution in [-0.2, 0) is 11.3 Å². The summed E-state index contributed by atoms with van der Waals surface area (Å²) in [5.41, 5.74) is -0.231. The van der Waals surface area contributed by atoms with Crippen LogP contribution in [0.4, 0.5) is 0 Å². The molecule has 1 aliphatic carbocycles. The van der Waals surface area contributed by atoms with Gasteiger partial charge in [-0.15, -0.1) is 0 Å². The molecule has 0 spiro atoms. The van der Waals surface area contributed by atoms with Gasteiger partial charge in [-0.3, -0.25) is 9.59 Å². The van der Waals surface area contributed by atoms with E-state index in [2.05, 4.69) is 22.1 Å². The summed E-state index contributed by atoms with van der Waals surface area (Å²) in [4.78, 5) is 28.8. The average molecular weight is 536 g/mol. The van der Waals surface area contributed by atoms with E-state index in [1.165, 1.54) is 0 Å². The number of aliphatic hydroxyl groups excluding tert-OH is 1. The Bertz CT molecular complexity index is 1130. The Balaban J connectivity index is 1.75. The quantitative estimate of drug-likeness (QED) is 0.413. The highest BCUT2D eigenvalue weighted by Crippen LogP contribution is 2.28. The normalized spacial score (nSPS) is 17.7. The number of aromatic nitrogens is 2. The molecule has 0 atom stereocenters. The first-order valence-corrected chi connectivity index (χ1v) is 12.6. The molecule has 0 unspecified atom stereocenters. The molecule has 1 aromatic heterocycles. The number of halogens is 2. The molecule has 1 heterocycles. The molecule has 194 valence electrons. The van der Waals surface area contributed by atoms with E-state index >= 15 is 0 Å². The molecule has 36 heavy (non-hydrogen) atoms. The number of aliphatic carboxylic acids is 1. The van der Waals surface area contributed by atoms with Gasteiger partial charge in [-0.2, -0.15) is 0 Å². The molecule has 2 aromatic rings. The molecule has 1 fully saturated rings. The molecule has 8 nitrogen and oxygen atoms in total. The Labute approximate surface area is 221 Å². The second-order valence-corrected chi connectivity index (χ2v) is 10.4. The highest BCUT2D eigenvalue weighted by Gasteiger charge is 2.27. The SMILES string of the molecule is CC(C)(C#Cc1nc(Cl)n(CCOc2ccc(Cl)cc2)c1C(=O)NCC1CCC(C(=O)O)CC1)CO. The number of hydrogen-bond donors (Lipinski definition) is 3. The monoisotopic (exact) mass is 535 g/mol. The molecule has 1 amide bonds. The summed E-state index contributed by atoms with van der Waals surface area (Å²) in [5.74, 6) is 5.26. The van der Waals surface area contributed by atoms with E-state index in [0.29, 0.717) is 30.2 Å². The van der Waals surface area contributed by atoms with E-state index in [0.717, 1.165) is 12.8 Å². The lowest BCUT2D eigenvalue weighted by molar-refractivity contribution is -0.143. The molecule has 3 N–H and O–H groups in total. The number of amides is 1.